The number of carbonyl (C=O) groups is 1. The van der Waals surface area contributed by atoms with Crippen molar-refractivity contribution in [1.29, 1.82) is 0 Å². The molecule has 1 amide bonds. The van der Waals surface area contributed by atoms with Crippen LogP contribution in [0, 0.1) is 13.8 Å². The molecule has 0 spiro atoms. The molecule has 0 heterocycles. The Morgan fingerprint density at radius 2 is 1.71 bits per heavy atom. The lowest BCUT2D eigenvalue weighted by molar-refractivity contribution is -0.115. The fraction of sp³-hybridized carbons (Fsp3) is 0.278. The summed E-state index contributed by atoms with van der Waals surface area (Å²) in [4.78, 5) is 12.2. The molecule has 2 aromatic rings. The monoisotopic (exact) mass is 299 g/mol. The molecule has 2 nitrogen and oxygen atoms in total. The minimum absolute atomic E-state index is 0.0564. The van der Waals surface area contributed by atoms with Crippen LogP contribution in [0.4, 0.5) is 5.69 Å². The highest BCUT2D eigenvalue weighted by atomic mass is 32.2. The third kappa shape index (κ3) is 4.94. The van der Waals surface area contributed by atoms with Gasteiger partial charge in [0.15, 0.2) is 0 Å². The minimum Gasteiger partial charge on any atom is -0.325 e. The summed E-state index contributed by atoms with van der Waals surface area (Å²) >= 11 is 1.65. The maximum Gasteiger partial charge on any atom is 0.237 e. The molecule has 0 saturated carbocycles. The van der Waals surface area contributed by atoms with Crippen molar-refractivity contribution >= 4 is 23.4 Å². The zero-order valence-corrected chi connectivity index (χ0v) is 13.5. The Kier molecular flexibility index (Phi) is 5.45. The normalized spacial score (nSPS) is 12.0. The van der Waals surface area contributed by atoms with Gasteiger partial charge in [0.1, 0.15) is 0 Å². The Bertz CT molecular complexity index is 590. The molecule has 2 aromatic carbocycles. The number of amides is 1. The standard InChI is InChI=1S/C18H21NOS/c1-13-9-14(2)11-17(10-13)19-18(20)15(3)21-12-16-7-5-4-6-8-16/h4-11,15H,12H2,1-3H3,(H,19,20)/t15-/m1/s1. The van der Waals surface area contributed by atoms with Gasteiger partial charge in [-0.05, 0) is 49.6 Å². The summed E-state index contributed by atoms with van der Waals surface area (Å²) in [7, 11) is 0. The molecule has 0 radical (unpaired) electrons. The average molecular weight is 299 g/mol. The smallest absolute Gasteiger partial charge is 0.237 e. The molecule has 2 rings (SSSR count). The van der Waals surface area contributed by atoms with Gasteiger partial charge in [-0.3, -0.25) is 4.79 Å². The van der Waals surface area contributed by atoms with E-state index in [-0.39, 0.29) is 11.2 Å². The van der Waals surface area contributed by atoms with Crippen molar-refractivity contribution in [3.63, 3.8) is 0 Å². The Labute approximate surface area is 131 Å². The minimum atomic E-state index is -0.0778. The van der Waals surface area contributed by atoms with Gasteiger partial charge < -0.3 is 5.32 Å². The number of thioether (sulfide) groups is 1. The van der Waals surface area contributed by atoms with E-state index in [1.54, 1.807) is 11.8 Å². The van der Waals surface area contributed by atoms with Crippen molar-refractivity contribution in [2.75, 3.05) is 5.32 Å². The number of hydrogen-bond acceptors (Lipinski definition) is 2. The number of anilines is 1. The predicted molar refractivity (Wildman–Crippen MR) is 91.7 cm³/mol. The summed E-state index contributed by atoms with van der Waals surface area (Å²) in [6, 6.07) is 16.3. The third-order valence-corrected chi connectivity index (χ3v) is 4.42. The fourth-order valence-corrected chi connectivity index (χ4v) is 3.01. The van der Waals surface area contributed by atoms with E-state index < -0.39 is 0 Å². The first kappa shape index (κ1) is 15.6. The molecule has 0 bridgehead atoms. The van der Waals surface area contributed by atoms with Gasteiger partial charge in [0, 0.05) is 11.4 Å². The number of aryl methyl sites for hydroxylation is 2. The van der Waals surface area contributed by atoms with Crippen molar-refractivity contribution in [1.82, 2.24) is 0 Å². The van der Waals surface area contributed by atoms with Gasteiger partial charge in [-0.2, -0.15) is 0 Å². The second kappa shape index (κ2) is 7.32. The average Bonchev–Trinajstić information content (AvgIpc) is 2.44. The topological polar surface area (TPSA) is 29.1 Å². The molecular weight excluding hydrogens is 278 g/mol. The van der Waals surface area contributed by atoms with Gasteiger partial charge in [-0.25, -0.2) is 0 Å². The molecule has 0 aliphatic heterocycles. The largest absolute Gasteiger partial charge is 0.325 e. The van der Waals surface area contributed by atoms with E-state index in [9.17, 15) is 4.79 Å². The van der Waals surface area contributed by atoms with Crippen LogP contribution in [-0.4, -0.2) is 11.2 Å². The molecular formula is C18H21NOS. The van der Waals surface area contributed by atoms with Crippen molar-refractivity contribution < 1.29 is 4.79 Å². The molecule has 1 atom stereocenters. The first-order valence-corrected chi connectivity index (χ1v) is 8.14. The predicted octanol–water partition coefficient (Wildman–Crippen LogP) is 4.56. The number of nitrogens with one attached hydrogen (secondary N) is 1. The number of carbonyl (C=O) groups excluding carboxylic acids is 1. The molecule has 0 aliphatic rings. The molecule has 0 aliphatic carbocycles. The molecule has 0 aromatic heterocycles. The number of hydrogen-bond donors (Lipinski definition) is 1. The molecule has 0 unspecified atom stereocenters. The van der Waals surface area contributed by atoms with Gasteiger partial charge >= 0.3 is 0 Å². The summed E-state index contributed by atoms with van der Waals surface area (Å²) in [6.45, 7) is 6.03. The van der Waals surface area contributed by atoms with E-state index in [1.807, 2.05) is 51.1 Å². The zero-order chi connectivity index (χ0) is 15.2. The lowest BCUT2D eigenvalue weighted by Crippen LogP contribution is -2.22. The second-order valence-electron chi connectivity index (χ2n) is 5.30. The molecule has 1 N–H and O–H groups in total. The first-order valence-electron chi connectivity index (χ1n) is 7.09. The fourth-order valence-electron chi connectivity index (χ4n) is 2.16. The van der Waals surface area contributed by atoms with E-state index in [2.05, 4.69) is 23.5 Å². The molecule has 0 fully saturated rings. The summed E-state index contributed by atoms with van der Waals surface area (Å²) in [5, 5.41) is 2.92. The highest BCUT2D eigenvalue weighted by Gasteiger charge is 2.13. The third-order valence-electron chi connectivity index (χ3n) is 3.20. The first-order chi connectivity index (χ1) is 10.0. The lowest BCUT2D eigenvalue weighted by Gasteiger charge is -2.13. The van der Waals surface area contributed by atoms with Crippen LogP contribution in [-0.2, 0) is 10.5 Å². The maximum absolute atomic E-state index is 12.2. The summed E-state index contributed by atoms with van der Waals surface area (Å²) in [5.74, 6) is 0.906. The molecule has 0 saturated heterocycles. The zero-order valence-electron chi connectivity index (χ0n) is 12.7. The van der Waals surface area contributed by atoms with Crippen LogP contribution in [0.5, 0.6) is 0 Å². The van der Waals surface area contributed by atoms with Gasteiger partial charge in [0.2, 0.25) is 5.91 Å². The molecule has 110 valence electrons. The van der Waals surface area contributed by atoms with Crippen molar-refractivity contribution in [3.8, 4) is 0 Å². The highest BCUT2D eigenvalue weighted by molar-refractivity contribution is 7.99. The van der Waals surface area contributed by atoms with Crippen molar-refractivity contribution in [2.24, 2.45) is 0 Å². The number of benzene rings is 2. The van der Waals surface area contributed by atoms with E-state index >= 15 is 0 Å². The highest BCUT2D eigenvalue weighted by Crippen LogP contribution is 2.20. The van der Waals surface area contributed by atoms with Crippen LogP contribution in [0.1, 0.15) is 23.6 Å². The van der Waals surface area contributed by atoms with Crippen LogP contribution in [0.15, 0.2) is 48.5 Å². The van der Waals surface area contributed by atoms with Crippen molar-refractivity contribution in [3.05, 3.63) is 65.2 Å². The molecule has 3 heteroatoms. The second-order valence-corrected chi connectivity index (χ2v) is 6.63. The summed E-state index contributed by atoms with van der Waals surface area (Å²) in [6.07, 6.45) is 0. The Hall–Kier alpha value is -1.74. The van der Waals surface area contributed by atoms with Crippen LogP contribution in [0.3, 0.4) is 0 Å². The Morgan fingerprint density at radius 3 is 2.33 bits per heavy atom. The number of rotatable bonds is 5. The van der Waals surface area contributed by atoms with Gasteiger partial charge in [0.25, 0.3) is 0 Å². The van der Waals surface area contributed by atoms with Crippen molar-refractivity contribution in [2.45, 2.75) is 31.8 Å². The van der Waals surface area contributed by atoms with E-state index in [4.69, 9.17) is 0 Å². The van der Waals surface area contributed by atoms with E-state index in [0.717, 1.165) is 22.6 Å². The quantitative estimate of drug-likeness (QED) is 0.876. The summed E-state index contributed by atoms with van der Waals surface area (Å²) in [5.41, 5.74) is 4.45. The SMILES string of the molecule is Cc1cc(C)cc(NC(=O)[C@@H](C)SCc2ccccc2)c1. The van der Waals surface area contributed by atoms with Crippen LogP contribution in [0.25, 0.3) is 0 Å². The van der Waals surface area contributed by atoms with Gasteiger partial charge in [-0.15, -0.1) is 11.8 Å². The Balaban J connectivity index is 1.90. The van der Waals surface area contributed by atoms with Crippen LogP contribution in [0.2, 0.25) is 0 Å². The maximum atomic E-state index is 12.2. The van der Waals surface area contributed by atoms with Gasteiger partial charge in [0.05, 0.1) is 5.25 Å². The lowest BCUT2D eigenvalue weighted by atomic mass is 10.1. The van der Waals surface area contributed by atoms with E-state index in [0.29, 0.717) is 0 Å². The van der Waals surface area contributed by atoms with Crippen LogP contribution >= 0.6 is 11.8 Å². The van der Waals surface area contributed by atoms with Gasteiger partial charge in [-0.1, -0.05) is 36.4 Å². The molecule has 21 heavy (non-hydrogen) atoms. The summed E-state index contributed by atoms with van der Waals surface area (Å²) < 4.78 is 0. The van der Waals surface area contributed by atoms with Crippen LogP contribution < -0.4 is 5.32 Å². The Morgan fingerprint density at radius 1 is 1.10 bits per heavy atom. The van der Waals surface area contributed by atoms with E-state index in [1.165, 1.54) is 5.56 Å².